The van der Waals surface area contributed by atoms with Crippen molar-refractivity contribution in [2.24, 2.45) is 0 Å². The van der Waals surface area contributed by atoms with E-state index in [-0.39, 0.29) is 27.3 Å². The van der Waals surface area contributed by atoms with E-state index in [0.29, 0.717) is 0 Å². The predicted octanol–water partition coefficient (Wildman–Crippen LogP) is -5.93. The molecule has 0 aliphatic carbocycles. The number of hydrogen-bond donors (Lipinski definition) is 1. The summed E-state index contributed by atoms with van der Waals surface area (Å²) in [5, 5.41) is 0. The van der Waals surface area contributed by atoms with Crippen molar-refractivity contribution < 1.29 is 58.7 Å². The van der Waals surface area contributed by atoms with Crippen LogP contribution in [0.1, 0.15) is 0 Å². The van der Waals surface area contributed by atoms with Crippen molar-refractivity contribution in [3.05, 3.63) is 0 Å². The van der Waals surface area contributed by atoms with Crippen LogP contribution < -0.4 is 27.9 Å². The maximum absolute atomic E-state index is 8.68. The van der Waals surface area contributed by atoms with Crippen molar-refractivity contribution in [3.63, 3.8) is 0 Å². The van der Waals surface area contributed by atoms with E-state index < -0.39 is 21.1 Å². The maximum atomic E-state index is 8.68. The monoisotopic (exact) mass is 290 g/mol. The largest absolute Gasteiger partial charge is 0.503 e. The van der Waals surface area contributed by atoms with Gasteiger partial charge in [0.25, 0.3) is 0 Å². The average Bonchev–Trinajstić information content (AvgIpc) is 0.811. The minimum absolute atomic E-state index is 0. The molecule has 0 atom stereocenters. The van der Waals surface area contributed by atoms with Crippen LogP contribution in [0, 0.1) is 0 Å². The molecule has 0 aromatic heterocycles. The number of rotatable bonds is 0. The summed E-state index contributed by atoms with van der Waals surface area (Å²) in [6, 6.07) is 0. The zero-order chi connectivity index (χ0) is 3.58. The van der Waals surface area contributed by atoms with Crippen molar-refractivity contribution in [1.82, 2.24) is 0 Å². The van der Waals surface area contributed by atoms with E-state index in [4.69, 9.17) is 10.3 Å². The Labute approximate surface area is 58.2 Å². The van der Waals surface area contributed by atoms with Gasteiger partial charge in [0, 0.05) is 27.3 Å². The summed E-state index contributed by atoms with van der Waals surface area (Å²) >= 11 is -3.76. The van der Waals surface area contributed by atoms with Crippen molar-refractivity contribution in [2.45, 2.75) is 0 Å². The minimum atomic E-state index is -3.76. The van der Waals surface area contributed by atoms with Crippen molar-refractivity contribution >= 4 is 0 Å². The van der Waals surface area contributed by atoms with Crippen LogP contribution in [0.5, 0.6) is 0 Å². The molecule has 5 heavy (non-hydrogen) atoms. The van der Waals surface area contributed by atoms with Gasteiger partial charge in [0.15, 0.2) is 0 Å². The van der Waals surface area contributed by atoms with Crippen LogP contribution in [0.15, 0.2) is 0 Å². The summed E-state index contributed by atoms with van der Waals surface area (Å²) in [5.74, 6) is 0. The van der Waals surface area contributed by atoms with Crippen LogP contribution in [-0.4, -0.2) is 3.44 Å². The SMILES string of the molecule is [Cd].[O-][I+2]([O-])O. The Hall–Kier alpha value is 1.53. The molecule has 0 aliphatic heterocycles. The van der Waals surface area contributed by atoms with E-state index in [1.807, 2.05) is 0 Å². The topological polar surface area (TPSA) is 66.3 Å². The van der Waals surface area contributed by atoms with Gasteiger partial charge in [-0.1, -0.05) is 0 Å². The number of halogens is 1. The van der Waals surface area contributed by atoms with Crippen molar-refractivity contribution in [2.75, 3.05) is 0 Å². The zero-order valence-corrected chi connectivity index (χ0v) is 8.54. The second-order valence-electron chi connectivity index (χ2n) is 0.201. The van der Waals surface area contributed by atoms with Gasteiger partial charge in [0.2, 0.25) is 0 Å². The first-order chi connectivity index (χ1) is 1.73. The Morgan fingerprint density at radius 1 is 1.40 bits per heavy atom. The molecular formula is HCdIO3. The van der Waals surface area contributed by atoms with Gasteiger partial charge in [0.05, 0.1) is 0 Å². The van der Waals surface area contributed by atoms with Gasteiger partial charge in [-0.2, -0.15) is 0 Å². The van der Waals surface area contributed by atoms with Gasteiger partial charge in [-0.25, -0.2) is 0 Å². The molecular weight excluding hydrogens is 287 g/mol. The quantitative estimate of drug-likeness (QED) is 0.357. The molecule has 0 amide bonds. The normalized spacial score (nSPS) is 7.20. The van der Waals surface area contributed by atoms with E-state index >= 15 is 0 Å². The second kappa shape index (κ2) is 5.53. The van der Waals surface area contributed by atoms with Crippen molar-refractivity contribution in [3.8, 4) is 0 Å². The first-order valence-corrected chi connectivity index (χ1v) is 3.20. The molecule has 0 aromatic carbocycles. The smallest absolute Gasteiger partial charge is 0.396 e. The Bertz CT molecular complexity index is 11.6. The van der Waals surface area contributed by atoms with Crippen LogP contribution in [-0.2, 0) is 27.3 Å². The fourth-order valence-electron chi connectivity index (χ4n) is 0. The van der Waals surface area contributed by atoms with Gasteiger partial charge in [-0.3, -0.25) is 0 Å². The van der Waals surface area contributed by atoms with Crippen molar-refractivity contribution in [1.29, 1.82) is 0 Å². The first-order valence-electron chi connectivity index (χ1n) is 0.478. The summed E-state index contributed by atoms with van der Waals surface area (Å²) in [6.07, 6.45) is 0. The third-order valence-corrected chi connectivity index (χ3v) is 0. The molecule has 0 bridgehead atoms. The Morgan fingerprint density at radius 3 is 1.40 bits per heavy atom. The van der Waals surface area contributed by atoms with Gasteiger partial charge in [-0.05, 0) is 3.44 Å². The van der Waals surface area contributed by atoms with Gasteiger partial charge in [0.1, 0.15) is 0 Å². The molecule has 0 saturated heterocycles. The third kappa shape index (κ3) is 29.4. The summed E-state index contributed by atoms with van der Waals surface area (Å²) in [4.78, 5) is 0. The summed E-state index contributed by atoms with van der Waals surface area (Å²) in [6.45, 7) is 0. The molecule has 3 nitrogen and oxygen atoms in total. The number of hydrogen-bond acceptors (Lipinski definition) is 3. The van der Waals surface area contributed by atoms with E-state index in [2.05, 4.69) is 0 Å². The average molecular weight is 288 g/mol. The molecule has 0 aliphatic rings. The fraction of sp³-hybridized carbons (Fsp3) is 0. The van der Waals surface area contributed by atoms with Crippen LogP contribution in [0.2, 0.25) is 0 Å². The molecule has 0 saturated carbocycles. The van der Waals surface area contributed by atoms with Gasteiger partial charge in [-0.15, -0.1) is 0 Å². The molecule has 0 radical (unpaired) electrons. The van der Waals surface area contributed by atoms with E-state index in [1.54, 1.807) is 0 Å². The molecule has 0 fully saturated rings. The third-order valence-electron chi connectivity index (χ3n) is 0. The fourth-order valence-corrected chi connectivity index (χ4v) is 0. The molecule has 1 N–H and O–H groups in total. The molecule has 0 spiro atoms. The van der Waals surface area contributed by atoms with Crippen LogP contribution in [0.25, 0.3) is 0 Å². The molecule has 28 valence electrons. The van der Waals surface area contributed by atoms with Gasteiger partial charge >= 0.3 is 21.1 Å². The van der Waals surface area contributed by atoms with Gasteiger partial charge < -0.3 is 6.87 Å². The summed E-state index contributed by atoms with van der Waals surface area (Å²) in [5.41, 5.74) is 0. The van der Waals surface area contributed by atoms with E-state index in [0.717, 1.165) is 0 Å². The molecule has 5 heteroatoms. The maximum Gasteiger partial charge on any atom is 0.503 e. The molecule has 0 aromatic rings. The Morgan fingerprint density at radius 2 is 1.40 bits per heavy atom. The standard InChI is InChI=1S/Cd.HIO3/c;2-1(3)4/h;2H. The molecule has 0 unspecified atom stereocenters. The zero-order valence-electron chi connectivity index (χ0n) is 2.35. The Balaban J connectivity index is 0. The first kappa shape index (κ1) is 9.73. The van der Waals surface area contributed by atoms with E-state index in [9.17, 15) is 0 Å². The van der Waals surface area contributed by atoms with Crippen LogP contribution >= 0.6 is 0 Å². The predicted molar refractivity (Wildman–Crippen MR) is 2.22 cm³/mol. The summed E-state index contributed by atoms with van der Waals surface area (Å²) in [7, 11) is 0. The minimum Gasteiger partial charge on any atom is -0.396 e. The van der Waals surface area contributed by atoms with Crippen LogP contribution in [0.4, 0.5) is 0 Å². The van der Waals surface area contributed by atoms with Crippen LogP contribution in [0.3, 0.4) is 0 Å². The summed E-state index contributed by atoms with van der Waals surface area (Å²) < 4.78 is 24.5. The second-order valence-corrected chi connectivity index (χ2v) is 1.35. The molecule has 0 heterocycles. The Kier molecular flexibility index (Phi) is 10.8. The molecule has 0 rings (SSSR count). The van der Waals surface area contributed by atoms with E-state index in [1.165, 1.54) is 0 Å².